The number of para-hydroxylation sites is 1. The Bertz CT molecular complexity index is 1310. The van der Waals surface area contributed by atoms with E-state index >= 15 is 0 Å². The average molecular weight is 589 g/mol. The summed E-state index contributed by atoms with van der Waals surface area (Å²) in [4.78, 5) is 53.4. The van der Waals surface area contributed by atoms with Gasteiger partial charge in [0.05, 0.1) is 17.6 Å². The van der Waals surface area contributed by atoms with E-state index in [1.165, 1.54) is 23.1 Å². The van der Waals surface area contributed by atoms with Crippen LogP contribution in [0.4, 0.5) is 0 Å². The van der Waals surface area contributed by atoms with Crippen LogP contribution in [-0.2, 0) is 29.2 Å². The second-order valence-electron chi connectivity index (χ2n) is 11.5. The zero-order valence-corrected chi connectivity index (χ0v) is 24.5. The number of ether oxygens (including phenoxy) is 1. The van der Waals surface area contributed by atoms with E-state index in [9.17, 15) is 32.7 Å². The standard InChI is InChI=1S/C30H40N2O8S/c1-3-22(33)19-40-26-13-9-10-14-27(26)41(38,39)31-29(37)30-16-21(30)12-8-6-4-5-7-11-20(2)28(36)32-18-23(34)15-24(32)25(35)17-30/h8-10,12-14,20-21,23-24,34H,3-7,11,15-19H2,1-2H3,(H,31,37)/b12-8-/t20-,21+,23+,24-,30+/m0/s1. The number of hydrogen-bond acceptors (Lipinski definition) is 8. The highest BCUT2D eigenvalue weighted by Gasteiger charge is 2.61. The maximum absolute atomic E-state index is 13.7. The summed E-state index contributed by atoms with van der Waals surface area (Å²) >= 11 is 0. The molecule has 1 saturated heterocycles. The van der Waals surface area contributed by atoms with Crippen molar-refractivity contribution in [2.24, 2.45) is 17.3 Å². The number of amides is 2. The Morgan fingerprint density at radius 1 is 1.17 bits per heavy atom. The van der Waals surface area contributed by atoms with Crippen LogP contribution in [-0.4, -0.2) is 67.1 Å². The number of ketones is 2. The second kappa shape index (κ2) is 12.9. The first kappa shape index (κ1) is 30.9. The number of allylic oxidation sites excluding steroid dienone is 2. The van der Waals surface area contributed by atoms with Crippen LogP contribution >= 0.6 is 0 Å². The Morgan fingerprint density at radius 2 is 1.93 bits per heavy atom. The summed E-state index contributed by atoms with van der Waals surface area (Å²) in [6.45, 7) is 3.27. The van der Waals surface area contributed by atoms with Crippen LogP contribution in [0.5, 0.6) is 5.75 Å². The predicted octanol–water partition coefficient (Wildman–Crippen LogP) is 2.93. The lowest BCUT2D eigenvalue weighted by Crippen LogP contribution is -2.45. The number of nitrogens with zero attached hydrogens (tertiary/aromatic N) is 1. The van der Waals surface area contributed by atoms with Gasteiger partial charge in [0.15, 0.2) is 11.6 Å². The van der Waals surface area contributed by atoms with Crippen LogP contribution in [0.3, 0.4) is 0 Å². The summed E-state index contributed by atoms with van der Waals surface area (Å²) in [7, 11) is -4.41. The fourth-order valence-corrected chi connectivity index (χ4v) is 7.02. The van der Waals surface area contributed by atoms with E-state index in [2.05, 4.69) is 4.72 Å². The minimum Gasteiger partial charge on any atom is -0.484 e. The normalized spacial score (nSPS) is 29.9. The lowest BCUT2D eigenvalue weighted by atomic mass is 9.91. The molecule has 2 fully saturated rings. The van der Waals surface area contributed by atoms with E-state index in [-0.39, 0.29) is 72.4 Å². The van der Waals surface area contributed by atoms with Crippen molar-refractivity contribution >= 4 is 33.4 Å². The highest BCUT2D eigenvalue weighted by atomic mass is 32.2. The number of hydrogen-bond donors (Lipinski definition) is 2. The molecule has 2 amide bonds. The van der Waals surface area contributed by atoms with Gasteiger partial charge in [-0.2, -0.15) is 0 Å². The highest BCUT2D eigenvalue weighted by molar-refractivity contribution is 7.90. The minimum absolute atomic E-state index is 0.0549. The fourth-order valence-electron chi connectivity index (χ4n) is 5.81. The summed E-state index contributed by atoms with van der Waals surface area (Å²) < 4.78 is 34.4. The lowest BCUT2D eigenvalue weighted by Gasteiger charge is -2.27. The summed E-state index contributed by atoms with van der Waals surface area (Å²) in [6, 6.07) is 4.89. The maximum atomic E-state index is 13.7. The van der Waals surface area contributed by atoms with Gasteiger partial charge < -0.3 is 14.7 Å². The van der Waals surface area contributed by atoms with Gasteiger partial charge in [0.25, 0.3) is 10.0 Å². The van der Waals surface area contributed by atoms with E-state index < -0.39 is 33.5 Å². The average Bonchev–Trinajstić information content (AvgIpc) is 3.50. The molecule has 41 heavy (non-hydrogen) atoms. The molecule has 0 spiro atoms. The monoisotopic (exact) mass is 588 g/mol. The summed E-state index contributed by atoms with van der Waals surface area (Å²) in [5.74, 6) is -2.23. The van der Waals surface area contributed by atoms with Crippen LogP contribution in [0.15, 0.2) is 41.3 Å². The van der Waals surface area contributed by atoms with Gasteiger partial charge in [0.1, 0.15) is 17.3 Å². The Balaban J connectivity index is 1.59. The second-order valence-corrected chi connectivity index (χ2v) is 13.2. The Hall–Kier alpha value is -3.05. The summed E-state index contributed by atoms with van der Waals surface area (Å²) in [6.07, 6.45) is 7.61. The first-order chi connectivity index (χ1) is 19.5. The van der Waals surface area contributed by atoms with Crippen LogP contribution in [0.1, 0.15) is 71.6 Å². The lowest BCUT2D eigenvalue weighted by molar-refractivity contribution is -0.141. The highest BCUT2D eigenvalue weighted by Crippen LogP contribution is 2.57. The summed E-state index contributed by atoms with van der Waals surface area (Å²) in [5, 5.41) is 10.3. The van der Waals surface area contributed by atoms with Gasteiger partial charge in [0, 0.05) is 31.7 Å². The van der Waals surface area contributed by atoms with Crippen molar-refractivity contribution in [3.8, 4) is 5.75 Å². The van der Waals surface area contributed by atoms with Gasteiger partial charge in [-0.05, 0) is 43.7 Å². The largest absolute Gasteiger partial charge is 0.484 e. The van der Waals surface area contributed by atoms with Crippen molar-refractivity contribution in [3.05, 3.63) is 36.4 Å². The zero-order chi connectivity index (χ0) is 29.8. The van der Waals surface area contributed by atoms with Crippen molar-refractivity contribution < 1.29 is 37.4 Å². The number of carbonyl (C=O) groups excluding carboxylic acids is 4. The molecular weight excluding hydrogens is 548 g/mol. The van der Waals surface area contributed by atoms with Crippen LogP contribution in [0, 0.1) is 17.3 Å². The van der Waals surface area contributed by atoms with E-state index in [1.807, 2.05) is 19.1 Å². The van der Waals surface area contributed by atoms with Crippen molar-refractivity contribution in [1.82, 2.24) is 9.62 Å². The number of rotatable bonds is 7. The van der Waals surface area contributed by atoms with E-state index in [0.29, 0.717) is 12.8 Å². The van der Waals surface area contributed by atoms with Crippen molar-refractivity contribution in [2.45, 2.75) is 88.7 Å². The molecule has 10 nitrogen and oxygen atoms in total. The molecule has 2 aliphatic heterocycles. The number of carbonyl (C=O) groups is 4. The van der Waals surface area contributed by atoms with Crippen molar-refractivity contribution in [3.63, 3.8) is 0 Å². The first-order valence-corrected chi connectivity index (χ1v) is 16.0. The van der Waals surface area contributed by atoms with Gasteiger partial charge in [-0.1, -0.05) is 51.0 Å². The quantitative estimate of drug-likeness (QED) is 0.462. The molecule has 5 atom stereocenters. The molecule has 1 aromatic carbocycles. The maximum Gasteiger partial charge on any atom is 0.267 e. The number of benzene rings is 1. The van der Waals surface area contributed by atoms with Crippen LogP contribution in [0.2, 0.25) is 0 Å². The fraction of sp³-hybridized carbons (Fsp3) is 0.600. The molecule has 1 saturated carbocycles. The predicted molar refractivity (Wildman–Crippen MR) is 150 cm³/mol. The molecule has 0 unspecified atom stereocenters. The first-order valence-electron chi connectivity index (χ1n) is 14.5. The Labute approximate surface area is 241 Å². The molecule has 0 aromatic heterocycles. The molecule has 11 heteroatoms. The molecule has 0 bridgehead atoms. The number of aliphatic hydroxyl groups excluding tert-OH is 1. The van der Waals surface area contributed by atoms with Gasteiger partial charge in [-0.3, -0.25) is 19.2 Å². The number of sulfonamides is 1. The van der Waals surface area contributed by atoms with E-state index in [4.69, 9.17) is 4.74 Å². The van der Waals surface area contributed by atoms with Crippen molar-refractivity contribution in [2.75, 3.05) is 13.2 Å². The molecule has 2 heterocycles. The minimum atomic E-state index is -4.41. The van der Waals surface area contributed by atoms with E-state index in [1.54, 1.807) is 13.0 Å². The zero-order valence-electron chi connectivity index (χ0n) is 23.7. The molecule has 4 rings (SSSR count). The molecular formula is C30H40N2O8S. The Kier molecular flexibility index (Phi) is 9.69. The number of nitrogens with one attached hydrogen (secondary N) is 1. The third kappa shape index (κ3) is 7.06. The third-order valence-electron chi connectivity index (χ3n) is 8.46. The van der Waals surface area contributed by atoms with Crippen LogP contribution < -0.4 is 9.46 Å². The number of aliphatic hydroxyl groups is 1. The molecule has 2 N–H and O–H groups in total. The smallest absolute Gasteiger partial charge is 0.267 e. The molecule has 3 aliphatic rings. The third-order valence-corrected chi connectivity index (χ3v) is 9.83. The summed E-state index contributed by atoms with van der Waals surface area (Å²) in [5.41, 5.74) is -1.29. The van der Waals surface area contributed by atoms with Gasteiger partial charge >= 0.3 is 0 Å². The van der Waals surface area contributed by atoms with Gasteiger partial charge in [-0.15, -0.1) is 0 Å². The van der Waals surface area contributed by atoms with Crippen molar-refractivity contribution in [1.29, 1.82) is 0 Å². The van der Waals surface area contributed by atoms with Crippen LogP contribution in [0.25, 0.3) is 0 Å². The molecule has 224 valence electrons. The SMILES string of the molecule is CCC(=O)COc1ccccc1S(=O)(=O)NC(=O)[C@]12CC(=O)[C@@H]3C[C@@H](O)CN3C(=O)[C@@H](C)CCCCC/C=C\[C@@H]1C2. The molecule has 1 aliphatic carbocycles. The molecule has 1 aromatic rings. The topological polar surface area (TPSA) is 147 Å². The van der Waals surface area contributed by atoms with Gasteiger partial charge in [-0.25, -0.2) is 13.1 Å². The van der Waals surface area contributed by atoms with Gasteiger partial charge in [0.2, 0.25) is 11.8 Å². The Morgan fingerprint density at radius 3 is 2.68 bits per heavy atom. The van der Waals surface area contributed by atoms with E-state index in [0.717, 1.165) is 25.7 Å². The molecule has 0 radical (unpaired) electrons. The number of Topliss-reactive ketones (excluding diaryl/α,β-unsaturated/α-hetero) is 2. The number of fused-ring (bicyclic) bond motifs is 2.